The number of rotatable bonds is 7. The number of benzene rings is 3. The number of fused-ring (bicyclic) bond motifs is 1. The SMILES string of the molecule is CC(C)C(=O)C(Cc1ccccc1)NS(=O)(=O)c1cccc2ccccc12. The van der Waals surface area contributed by atoms with E-state index in [1.54, 1.807) is 32.0 Å². The molecule has 0 bridgehead atoms. The summed E-state index contributed by atoms with van der Waals surface area (Å²) in [4.78, 5) is 12.9. The van der Waals surface area contributed by atoms with Crippen molar-refractivity contribution in [2.24, 2.45) is 5.92 Å². The van der Waals surface area contributed by atoms with Crippen molar-refractivity contribution < 1.29 is 13.2 Å². The second kappa shape index (κ2) is 8.03. The Labute approximate surface area is 160 Å². The molecule has 0 aliphatic heterocycles. The minimum absolute atomic E-state index is 0.123. The molecule has 1 unspecified atom stereocenters. The topological polar surface area (TPSA) is 63.2 Å². The lowest BCUT2D eigenvalue weighted by Gasteiger charge is -2.20. The summed E-state index contributed by atoms with van der Waals surface area (Å²) >= 11 is 0. The average Bonchev–Trinajstić information content (AvgIpc) is 2.67. The Balaban J connectivity index is 1.97. The summed E-state index contributed by atoms with van der Waals surface area (Å²) in [5, 5.41) is 1.48. The zero-order valence-corrected chi connectivity index (χ0v) is 16.2. The number of hydrogen-bond acceptors (Lipinski definition) is 3. The standard InChI is InChI=1S/C22H23NO3S/c1-16(2)22(24)20(15-17-9-4-3-5-10-17)23-27(25,26)21-14-8-12-18-11-6-7-13-19(18)21/h3-14,16,20,23H,15H2,1-2H3. The van der Waals surface area contributed by atoms with Crippen molar-refractivity contribution in [1.82, 2.24) is 4.72 Å². The molecule has 0 aliphatic rings. The monoisotopic (exact) mass is 381 g/mol. The summed E-state index contributed by atoms with van der Waals surface area (Å²) < 4.78 is 28.9. The molecule has 0 spiro atoms. The van der Waals surface area contributed by atoms with E-state index >= 15 is 0 Å². The number of sulfonamides is 1. The summed E-state index contributed by atoms with van der Waals surface area (Å²) in [6.45, 7) is 3.57. The lowest BCUT2D eigenvalue weighted by molar-refractivity contribution is -0.123. The van der Waals surface area contributed by atoms with Gasteiger partial charge in [-0.15, -0.1) is 0 Å². The van der Waals surface area contributed by atoms with Gasteiger partial charge in [-0.05, 0) is 23.4 Å². The average molecular weight is 381 g/mol. The molecule has 1 N–H and O–H groups in total. The Morgan fingerprint density at radius 1 is 0.889 bits per heavy atom. The highest BCUT2D eigenvalue weighted by molar-refractivity contribution is 7.89. The first-order valence-electron chi connectivity index (χ1n) is 8.96. The molecule has 4 nitrogen and oxygen atoms in total. The van der Waals surface area contributed by atoms with Crippen LogP contribution in [0.1, 0.15) is 19.4 Å². The third-order valence-electron chi connectivity index (χ3n) is 4.53. The van der Waals surface area contributed by atoms with E-state index in [0.29, 0.717) is 11.8 Å². The fourth-order valence-electron chi connectivity index (χ4n) is 3.13. The Hall–Kier alpha value is -2.50. The molecule has 5 heteroatoms. The zero-order chi connectivity index (χ0) is 19.4. The molecule has 0 fully saturated rings. The van der Waals surface area contributed by atoms with E-state index in [1.165, 1.54) is 0 Å². The first-order chi connectivity index (χ1) is 12.9. The van der Waals surface area contributed by atoms with Crippen LogP contribution in [0.15, 0.2) is 77.7 Å². The van der Waals surface area contributed by atoms with Gasteiger partial charge in [-0.1, -0.05) is 80.6 Å². The predicted octanol–water partition coefficient (Wildman–Crippen LogP) is 3.95. The van der Waals surface area contributed by atoms with E-state index in [-0.39, 0.29) is 16.6 Å². The molecule has 0 amide bonds. The van der Waals surface area contributed by atoms with Gasteiger partial charge in [0.15, 0.2) is 5.78 Å². The summed E-state index contributed by atoms with van der Waals surface area (Å²) in [5.41, 5.74) is 0.914. The molecular weight excluding hydrogens is 358 g/mol. The Kier molecular flexibility index (Phi) is 5.73. The van der Waals surface area contributed by atoms with Gasteiger partial charge < -0.3 is 0 Å². The fourth-order valence-corrected chi connectivity index (χ4v) is 4.57. The first-order valence-corrected chi connectivity index (χ1v) is 10.4. The highest BCUT2D eigenvalue weighted by Crippen LogP contribution is 2.23. The van der Waals surface area contributed by atoms with Crippen LogP contribution in [0.25, 0.3) is 10.8 Å². The number of Topliss-reactive ketones (excluding diaryl/α,β-unsaturated/α-hetero) is 1. The second-order valence-electron chi connectivity index (χ2n) is 6.90. The normalized spacial score (nSPS) is 13.0. The van der Waals surface area contributed by atoms with Crippen LogP contribution in [0.4, 0.5) is 0 Å². The van der Waals surface area contributed by atoms with Crippen molar-refractivity contribution in [2.75, 3.05) is 0 Å². The molecular formula is C22H23NO3S. The summed E-state index contributed by atoms with van der Waals surface area (Å²) in [5.74, 6) is -0.392. The molecule has 3 aromatic rings. The summed E-state index contributed by atoms with van der Waals surface area (Å²) in [6, 6.07) is 21.1. The number of hydrogen-bond donors (Lipinski definition) is 1. The van der Waals surface area contributed by atoms with E-state index in [1.807, 2.05) is 54.6 Å². The van der Waals surface area contributed by atoms with Crippen LogP contribution >= 0.6 is 0 Å². The van der Waals surface area contributed by atoms with E-state index < -0.39 is 16.1 Å². The van der Waals surface area contributed by atoms with Gasteiger partial charge in [0.2, 0.25) is 10.0 Å². The Morgan fingerprint density at radius 2 is 1.52 bits per heavy atom. The van der Waals surface area contributed by atoms with E-state index in [2.05, 4.69) is 4.72 Å². The maximum absolute atomic E-state index is 13.1. The molecule has 1 atom stereocenters. The van der Waals surface area contributed by atoms with Gasteiger partial charge in [0.1, 0.15) is 0 Å². The second-order valence-corrected chi connectivity index (χ2v) is 8.58. The van der Waals surface area contributed by atoms with Crippen LogP contribution in [0.3, 0.4) is 0 Å². The Morgan fingerprint density at radius 3 is 2.22 bits per heavy atom. The van der Waals surface area contributed by atoms with E-state index in [0.717, 1.165) is 10.9 Å². The number of nitrogens with one attached hydrogen (secondary N) is 1. The van der Waals surface area contributed by atoms with Gasteiger partial charge in [0.05, 0.1) is 10.9 Å². The third kappa shape index (κ3) is 4.43. The third-order valence-corrected chi connectivity index (χ3v) is 6.06. The van der Waals surface area contributed by atoms with Crippen LogP contribution in [0.2, 0.25) is 0 Å². The van der Waals surface area contributed by atoms with Crippen LogP contribution in [-0.2, 0) is 21.2 Å². The molecule has 0 aromatic heterocycles. The summed E-state index contributed by atoms with van der Waals surface area (Å²) in [6.07, 6.45) is 0.321. The lowest BCUT2D eigenvalue weighted by atomic mass is 9.97. The van der Waals surface area contributed by atoms with Crippen molar-refractivity contribution in [1.29, 1.82) is 0 Å². The van der Waals surface area contributed by atoms with Crippen molar-refractivity contribution >= 4 is 26.6 Å². The Bertz CT molecular complexity index is 1040. The molecule has 0 radical (unpaired) electrons. The lowest BCUT2D eigenvalue weighted by Crippen LogP contribution is -2.44. The number of ketones is 1. The largest absolute Gasteiger partial charge is 0.298 e. The van der Waals surface area contributed by atoms with E-state index in [4.69, 9.17) is 0 Å². The molecule has 0 aliphatic carbocycles. The highest BCUT2D eigenvalue weighted by atomic mass is 32.2. The number of carbonyl (C=O) groups is 1. The molecule has 0 saturated heterocycles. The molecule has 3 aromatic carbocycles. The van der Waals surface area contributed by atoms with E-state index in [9.17, 15) is 13.2 Å². The minimum Gasteiger partial charge on any atom is -0.298 e. The molecule has 0 saturated carbocycles. The van der Waals surface area contributed by atoms with Gasteiger partial charge in [-0.3, -0.25) is 4.79 Å². The number of carbonyl (C=O) groups excluding carboxylic acids is 1. The van der Waals surface area contributed by atoms with Crippen LogP contribution < -0.4 is 4.72 Å². The minimum atomic E-state index is -3.86. The van der Waals surface area contributed by atoms with Crippen molar-refractivity contribution in [3.63, 3.8) is 0 Å². The zero-order valence-electron chi connectivity index (χ0n) is 15.4. The van der Waals surface area contributed by atoms with Gasteiger partial charge in [0.25, 0.3) is 0 Å². The van der Waals surface area contributed by atoms with Crippen molar-refractivity contribution in [2.45, 2.75) is 31.2 Å². The smallest absolute Gasteiger partial charge is 0.241 e. The van der Waals surface area contributed by atoms with Gasteiger partial charge >= 0.3 is 0 Å². The highest BCUT2D eigenvalue weighted by Gasteiger charge is 2.28. The molecule has 140 valence electrons. The van der Waals surface area contributed by atoms with Crippen LogP contribution in [-0.4, -0.2) is 20.2 Å². The van der Waals surface area contributed by atoms with Gasteiger partial charge in [0, 0.05) is 11.3 Å². The van der Waals surface area contributed by atoms with Crippen LogP contribution in [0.5, 0.6) is 0 Å². The fraction of sp³-hybridized carbons (Fsp3) is 0.227. The van der Waals surface area contributed by atoms with Gasteiger partial charge in [-0.2, -0.15) is 0 Å². The molecule has 27 heavy (non-hydrogen) atoms. The first kappa shape index (κ1) is 19.3. The van der Waals surface area contributed by atoms with Crippen LogP contribution in [0, 0.1) is 5.92 Å². The van der Waals surface area contributed by atoms with Crippen molar-refractivity contribution in [3.05, 3.63) is 78.4 Å². The molecule has 3 rings (SSSR count). The quantitative estimate of drug-likeness (QED) is 0.674. The predicted molar refractivity (Wildman–Crippen MR) is 108 cm³/mol. The van der Waals surface area contributed by atoms with Gasteiger partial charge in [-0.25, -0.2) is 13.1 Å². The summed E-state index contributed by atoms with van der Waals surface area (Å²) in [7, 11) is -3.86. The van der Waals surface area contributed by atoms with Crippen molar-refractivity contribution in [3.8, 4) is 0 Å². The molecule has 0 heterocycles. The maximum Gasteiger partial charge on any atom is 0.241 e. The maximum atomic E-state index is 13.1.